The smallest absolute Gasteiger partial charge is 0.218 e. The highest BCUT2D eigenvalue weighted by Crippen LogP contribution is 2.35. The van der Waals surface area contributed by atoms with Crippen LogP contribution in [-0.4, -0.2) is 59.6 Å². The second kappa shape index (κ2) is 8.00. The van der Waals surface area contributed by atoms with Crippen LogP contribution in [-0.2, 0) is 14.6 Å². The van der Waals surface area contributed by atoms with Crippen molar-refractivity contribution >= 4 is 15.4 Å². The van der Waals surface area contributed by atoms with Gasteiger partial charge in [-0.25, -0.2) is 8.42 Å². The molecule has 0 bridgehead atoms. The summed E-state index contributed by atoms with van der Waals surface area (Å²) in [5.74, 6) is -0.357. The topological polar surface area (TPSA) is 87.3 Å². The highest BCUT2D eigenvalue weighted by molar-refractivity contribution is 7.92. The van der Waals surface area contributed by atoms with Crippen LogP contribution in [0.5, 0.6) is 0 Å². The third kappa shape index (κ3) is 4.04. The molecular weight excluding hydrogens is 376 g/mol. The molecule has 1 unspecified atom stereocenters. The Hall–Kier alpha value is -1.64. The van der Waals surface area contributed by atoms with E-state index in [1.807, 2.05) is 52.2 Å². The van der Waals surface area contributed by atoms with Gasteiger partial charge in [-0.05, 0) is 38.7 Å². The van der Waals surface area contributed by atoms with Crippen molar-refractivity contribution in [3.63, 3.8) is 0 Å². The first kappa shape index (κ1) is 21.1. The molecule has 0 aliphatic carbocycles. The van der Waals surface area contributed by atoms with E-state index in [0.29, 0.717) is 32.5 Å². The van der Waals surface area contributed by atoms with E-state index in [4.69, 9.17) is 4.74 Å². The molecule has 0 aromatic carbocycles. The number of aromatic nitrogens is 2. The summed E-state index contributed by atoms with van der Waals surface area (Å²) in [4.78, 5) is 2.20. The van der Waals surface area contributed by atoms with Gasteiger partial charge in [0.15, 0.2) is 9.84 Å². The number of piperidine rings is 1. The van der Waals surface area contributed by atoms with Crippen molar-refractivity contribution in [2.24, 2.45) is 5.92 Å². The zero-order chi connectivity index (χ0) is 20.4. The van der Waals surface area contributed by atoms with Gasteiger partial charge in [0.05, 0.1) is 16.7 Å². The Balaban J connectivity index is 1.73. The molecule has 1 aromatic heterocycles. The number of H-pyrrole nitrogens is 1. The first-order chi connectivity index (χ1) is 13.2. The van der Waals surface area contributed by atoms with Crippen LogP contribution in [0.1, 0.15) is 46.1 Å². The van der Waals surface area contributed by atoms with Gasteiger partial charge in [0.25, 0.3) is 0 Å². The lowest BCUT2D eigenvalue weighted by Gasteiger charge is -2.48. The summed E-state index contributed by atoms with van der Waals surface area (Å²) in [7, 11) is -3.14. The first-order valence-electron chi connectivity index (χ1n) is 9.99. The van der Waals surface area contributed by atoms with E-state index in [1.165, 1.54) is 0 Å². The number of nitrogens with zero attached hydrogens (tertiary/aromatic N) is 2. The van der Waals surface area contributed by atoms with Crippen LogP contribution in [0.25, 0.3) is 5.57 Å². The minimum absolute atomic E-state index is 0.143. The van der Waals surface area contributed by atoms with Crippen molar-refractivity contribution in [1.82, 2.24) is 20.4 Å². The third-order valence-corrected chi connectivity index (χ3v) is 8.73. The predicted molar refractivity (Wildman–Crippen MR) is 111 cm³/mol. The summed E-state index contributed by atoms with van der Waals surface area (Å²) in [6.45, 7) is 9.64. The second-order valence-electron chi connectivity index (χ2n) is 8.31. The average molecular weight is 409 g/mol. The fraction of sp³-hybridized carbons (Fsp3) is 0.650. The minimum Gasteiger partial charge on any atom is -0.347 e. The van der Waals surface area contributed by atoms with Crippen molar-refractivity contribution in [2.45, 2.75) is 51.1 Å². The number of aromatic amines is 1. The number of likely N-dealkylation sites (tertiary alicyclic amines) is 1. The lowest BCUT2D eigenvalue weighted by atomic mass is 9.96. The van der Waals surface area contributed by atoms with E-state index in [1.54, 1.807) is 6.20 Å². The maximum Gasteiger partial charge on any atom is 0.218 e. The fourth-order valence-corrected chi connectivity index (χ4v) is 6.01. The van der Waals surface area contributed by atoms with Crippen LogP contribution in [0.3, 0.4) is 0 Å². The number of dihydropyridines is 1. The van der Waals surface area contributed by atoms with Crippen molar-refractivity contribution in [3.8, 4) is 0 Å². The zero-order valence-corrected chi connectivity index (χ0v) is 18.1. The largest absolute Gasteiger partial charge is 0.347 e. The maximum atomic E-state index is 12.9. The molecule has 28 heavy (non-hydrogen) atoms. The van der Waals surface area contributed by atoms with Crippen molar-refractivity contribution in [1.29, 1.82) is 0 Å². The molecule has 1 fully saturated rings. The first-order valence-corrected chi connectivity index (χ1v) is 11.6. The summed E-state index contributed by atoms with van der Waals surface area (Å²) in [6, 6.07) is 0. The number of sulfone groups is 1. The molecule has 2 aliphatic heterocycles. The molecule has 3 heterocycles. The Morgan fingerprint density at radius 3 is 2.54 bits per heavy atom. The van der Waals surface area contributed by atoms with Gasteiger partial charge in [0.1, 0.15) is 0 Å². The van der Waals surface area contributed by atoms with Gasteiger partial charge < -0.3 is 10.1 Å². The number of hydrogen-bond donors (Lipinski definition) is 2. The van der Waals surface area contributed by atoms with Crippen molar-refractivity contribution in [2.75, 3.05) is 25.4 Å². The van der Waals surface area contributed by atoms with Crippen LogP contribution < -0.4 is 5.32 Å². The second-order valence-corrected chi connectivity index (χ2v) is 10.9. The highest BCUT2D eigenvalue weighted by Gasteiger charge is 2.46. The molecule has 7 nitrogen and oxygen atoms in total. The van der Waals surface area contributed by atoms with Crippen molar-refractivity contribution < 1.29 is 13.2 Å². The van der Waals surface area contributed by atoms with E-state index in [0.717, 1.165) is 11.1 Å². The molecule has 1 aromatic rings. The Morgan fingerprint density at radius 1 is 1.32 bits per heavy atom. The Labute approximate surface area is 168 Å². The lowest BCUT2D eigenvalue weighted by Crippen LogP contribution is -2.63. The quantitative estimate of drug-likeness (QED) is 0.721. The fourth-order valence-electron chi connectivity index (χ4n) is 3.93. The average Bonchev–Trinajstić information content (AvgIpc) is 3.16. The molecule has 1 saturated heterocycles. The molecule has 3 rings (SSSR count). The molecule has 2 aliphatic rings. The van der Waals surface area contributed by atoms with Gasteiger partial charge in [-0.3, -0.25) is 10.00 Å². The van der Waals surface area contributed by atoms with Gasteiger partial charge in [-0.1, -0.05) is 19.9 Å². The molecule has 0 saturated carbocycles. The normalized spacial score (nSPS) is 25.5. The lowest BCUT2D eigenvalue weighted by molar-refractivity contribution is -0.141. The van der Waals surface area contributed by atoms with Crippen LogP contribution in [0.2, 0.25) is 0 Å². The standard InChI is InChI=1S/C20H32N4O3S/c1-5-27-20(7-6-17(12-21-20)18-13-22-23-14-18)24-10-8-19(4,9-11-24)28(25,26)15-16(2)3/h6-7,12-14,16,21H,5,8-11,15H2,1-4H3,(H,22,23). The number of hydrogen-bond acceptors (Lipinski definition) is 6. The Morgan fingerprint density at radius 2 is 2.04 bits per heavy atom. The van der Waals surface area contributed by atoms with Gasteiger partial charge in [0.2, 0.25) is 5.85 Å². The molecule has 0 radical (unpaired) electrons. The highest BCUT2D eigenvalue weighted by atomic mass is 32.2. The summed E-state index contributed by atoms with van der Waals surface area (Å²) >= 11 is 0. The maximum absolute atomic E-state index is 12.9. The molecular formula is C20H32N4O3S. The molecule has 156 valence electrons. The monoisotopic (exact) mass is 408 g/mol. The number of nitrogens with one attached hydrogen (secondary N) is 2. The van der Waals surface area contributed by atoms with Crippen LogP contribution >= 0.6 is 0 Å². The van der Waals surface area contributed by atoms with E-state index in [2.05, 4.69) is 20.4 Å². The van der Waals surface area contributed by atoms with Crippen LogP contribution in [0, 0.1) is 5.92 Å². The summed E-state index contributed by atoms with van der Waals surface area (Å²) in [6.07, 6.45) is 10.8. The number of rotatable bonds is 7. The van der Waals surface area contributed by atoms with Crippen molar-refractivity contribution in [3.05, 3.63) is 36.3 Å². The third-order valence-electron chi connectivity index (χ3n) is 5.71. The molecule has 1 atom stereocenters. The van der Waals surface area contributed by atoms with Crippen LogP contribution in [0.15, 0.2) is 30.7 Å². The SMILES string of the molecule is CCOC1(N2CCC(C)(S(=O)(=O)CC(C)C)CC2)C=CC(c2cn[nH]c2)=CN1. The Kier molecular flexibility index (Phi) is 6.03. The van der Waals surface area contributed by atoms with E-state index >= 15 is 0 Å². The number of allylic oxidation sites excluding steroid dienone is 2. The molecule has 2 N–H and O–H groups in total. The van der Waals surface area contributed by atoms with E-state index in [-0.39, 0.29) is 11.7 Å². The minimum atomic E-state index is -3.14. The van der Waals surface area contributed by atoms with Gasteiger partial charge >= 0.3 is 0 Å². The van der Waals surface area contributed by atoms with Gasteiger partial charge in [0, 0.05) is 43.2 Å². The summed E-state index contributed by atoms with van der Waals surface area (Å²) < 4.78 is 31.2. The number of ether oxygens (including phenoxy) is 1. The summed E-state index contributed by atoms with van der Waals surface area (Å²) in [5.41, 5.74) is 2.02. The van der Waals surface area contributed by atoms with Crippen LogP contribution in [0.4, 0.5) is 0 Å². The zero-order valence-electron chi connectivity index (χ0n) is 17.2. The summed E-state index contributed by atoms with van der Waals surface area (Å²) in [5, 5.41) is 10.2. The molecule has 0 amide bonds. The van der Waals surface area contributed by atoms with E-state index in [9.17, 15) is 8.42 Å². The predicted octanol–water partition coefficient (Wildman–Crippen LogP) is 2.53. The van der Waals surface area contributed by atoms with Gasteiger partial charge in [-0.2, -0.15) is 5.10 Å². The van der Waals surface area contributed by atoms with E-state index < -0.39 is 20.4 Å². The van der Waals surface area contributed by atoms with Gasteiger partial charge in [-0.15, -0.1) is 0 Å². The Bertz CT molecular complexity index is 822. The molecule has 8 heteroatoms. The molecule has 0 spiro atoms.